The van der Waals surface area contributed by atoms with Crippen molar-refractivity contribution in [3.05, 3.63) is 46.0 Å². The molecular formula is C14H8Cl4O2. The van der Waals surface area contributed by atoms with E-state index in [2.05, 4.69) is 0 Å². The van der Waals surface area contributed by atoms with Gasteiger partial charge in [0.15, 0.2) is 4.87 Å². The Morgan fingerprint density at radius 1 is 0.950 bits per heavy atom. The Morgan fingerprint density at radius 3 is 2.15 bits per heavy atom. The molecule has 1 aromatic carbocycles. The Balaban J connectivity index is 2.25. The molecule has 0 aliphatic heterocycles. The first kappa shape index (κ1) is 14.4. The molecule has 0 radical (unpaired) electrons. The van der Waals surface area contributed by atoms with E-state index in [1.54, 1.807) is 0 Å². The molecule has 1 aromatic rings. The molecule has 3 aliphatic carbocycles. The fraction of sp³-hybridized carbons (Fsp3) is 0.286. The van der Waals surface area contributed by atoms with Crippen molar-refractivity contribution < 1.29 is 9.59 Å². The molecule has 3 aliphatic rings. The van der Waals surface area contributed by atoms with E-state index >= 15 is 0 Å². The zero-order valence-electron chi connectivity index (χ0n) is 10.00. The van der Waals surface area contributed by atoms with E-state index in [1.807, 2.05) is 30.3 Å². The van der Waals surface area contributed by atoms with Crippen LogP contribution in [0.4, 0.5) is 0 Å². The Labute approximate surface area is 135 Å². The first-order chi connectivity index (χ1) is 9.33. The summed E-state index contributed by atoms with van der Waals surface area (Å²) >= 11 is 25.0. The van der Waals surface area contributed by atoms with Gasteiger partial charge in [0.1, 0.15) is 4.87 Å². The van der Waals surface area contributed by atoms with Crippen LogP contribution in [0.1, 0.15) is 17.9 Å². The Bertz CT molecular complexity index is 654. The third-order valence-electron chi connectivity index (χ3n) is 3.92. The Hall–Kier alpha value is -0.540. The molecule has 6 heteroatoms. The molecule has 3 unspecified atom stereocenters. The molecule has 0 saturated heterocycles. The minimum atomic E-state index is -1.65. The van der Waals surface area contributed by atoms with E-state index in [0.29, 0.717) is 0 Å². The van der Waals surface area contributed by atoms with E-state index in [-0.39, 0.29) is 16.5 Å². The minimum Gasteiger partial charge on any atom is -0.288 e. The fourth-order valence-corrected chi connectivity index (χ4v) is 4.33. The van der Waals surface area contributed by atoms with Crippen LogP contribution in [0.5, 0.6) is 0 Å². The molecule has 4 rings (SSSR count). The first-order valence-electron chi connectivity index (χ1n) is 5.91. The normalized spacial score (nSPS) is 36.7. The summed E-state index contributed by atoms with van der Waals surface area (Å²) in [5, 5.41) is -0.0758. The summed E-state index contributed by atoms with van der Waals surface area (Å²) < 4.78 is 0. The summed E-state index contributed by atoms with van der Waals surface area (Å²) in [7, 11) is 0. The number of hydrogen-bond acceptors (Lipinski definition) is 2. The van der Waals surface area contributed by atoms with Crippen molar-refractivity contribution >= 4 is 58.0 Å². The van der Waals surface area contributed by atoms with Gasteiger partial charge in [-0.2, -0.15) is 0 Å². The maximum atomic E-state index is 12.3. The topological polar surface area (TPSA) is 34.1 Å². The van der Waals surface area contributed by atoms with Gasteiger partial charge in [0.05, 0.1) is 10.1 Å². The second kappa shape index (κ2) is 4.48. The highest BCUT2D eigenvalue weighted by Crippen LogP contribution is 2.61. The number of Topliss-reactive ketones (excluding diaryl/α,β-unsaturated/α-hetero) is 2. The van der Waals surface area contributed by atoms with Gasteiger partial charge in [-0.15, -0.1) is 23.2 Å². The van der Waals surface area contributed by atoms with E-state index in [1.165, 1.54) is 0 Å². The van der Waals surface area contributed by atoms with Gasteiger partial charge in [-0.05, 0) is 12.0 Å². The lowest BCUT2D eigenvalue weighted by Crippen LogP contribution is -2.62. The van der Waals surface area contributed by atoms with Gasteiger partial charge < -0.3 is 0 Å². The second-order valence-electron chi connectivity index (χ2n) is 4.97. The lowest BCUT2D eigenvalue weighted by atomic mass is 9.64. The lowest BCUT2D eigenvalue weighted by Gasteiger charge is -2.48. The smallest absolute Gasteiger partial charge is 0.227 e. The number of allylic oxidation sites excluding steroid dienone is 2. The zero-order chi connectivity index (χ0) is 14.7. The number of ketones is 2. The number of rotatable bonds is 1. The van der Waals surface area contributed by atoms with Crippen molar-refractivity contribution in [1.29, 1.82) is 0 Å². The summed E-state index contributed by atoms with van der Waals surface area (Å²) in [6.07, 6.45) is 0.154. The highest BCUT2D eigenvalue weighted by atomic mass is 35.5. The summed E-state index contributed by atoms with van der Waals surface area (Å²) in [4.78, 5) is 21.2. The highest BCUT2D eigenvalue weighted by Gasteiger charge is 2.67. The zero-order valence-corrected chi connectivity index (χ0v) is 13.0. The van der Waals surface area contributed by atoms with Crippen LogP contribution in [0, 0.1) is 0 Å². The van der Waals surface area contributed by atoms with E-state index in [9.17, 15) is 9.59 Å². The third-order valence-corrected chi connectivity index (χ3v) is 6.35. The number of hydrogen-bond donors (Lipinski definition) is 0. The maximum Gasteiger partial charge on any atom is 0.227 e. The number of carbonyl (C=O) groups excluding carboxylic acids is 2. The predicted molar refractivity (Wildman–Crippen MR) is 79.7 cm³/mol. The fourth-order valence-electron chi connectivity index (χ4n) is 2.83. The molecule has 0 heterocycles. The minimum absolute atomic E-state index is 0.0346. The van der Waals surface area contributed by atoms with E-state index in [4.69, 9.17) is 46.4 Å². The number of halogens is 4. The maximum absolute atomic E-state index is 12.3. The van der Waals surface area contributed by atoms with Crippen LogP contribution in [0.3, 0.4) is 0 Å². The van der Waals surface area contributed by atoms with Crippen LogP contribution in [0.15, 0.2) is 40.4 Å². The summed E-state index contributed by atoms with van der Waals surface area (Å²) in [5.74, 6) is -2.05. The number of fused-ring (bicyclic) bond motifs is 2. The van der Waals surface area contributed by atoms with Crippen LogP contribution in [0.2, 0.25) is 0 Å². The van der Waals surface area contributed by atoms with Crippen molar-refractivity contribution in [3.63, 3.8) is 0 Å². The van der Waals surface area contributed by atoms with Crippen molar-refractivity contribution in [1.82, 2.24) is 0 Å². The molecule has 2 nitrogen and oxygen atoms in total. The van der Waals surface area contributed by atoms with Crippen molar-refractivity contribution in [2.24, 2.45) is 0 Å². The van der Waals surface area contributed by atoms with Crippen molar-refractivity contribution in [3.8, 4) is 0 Å². The number of carbonyl (C=O) groups is 2. The SMILES string of the molecule is O=C1C(=O)C2(Cl)C(Cl)=C(Cl)C1(Cl)CC2c1ccccc1. The number of benzene rings is 1. The van der Waals surface area contributed by atoms with Gasteiger partial charge in [0.2, 0.25) is 11.6 Å². The second-order valence-corrected chi connectivity index (χ2v) is 6.96. The molecule has 0 N–H and O–H groups in total. The van der Waals surface area contributed by atoms with Gasteiger partial charge in [-0.1, -0.05) is 53.5 Å². The number of alkyl halides is 2. The van der Waals surface area contributed by atoms with Crippen LogP contribution < -0.4 is 0 Å². The summed E-state index contributed by atoms with van der Waals surface area (Å²) in [5.41, 5.74) is 0.802. The Morgan fingerprint density at radius 2 is 1.55 bits per heavy atom. The van der Waals surface area contributed by atoms with Crippen LogP contribution in [-0.2, 0) is 9.59 Å². The highest BCUT2D eigenvalue weighted by molar-refractivity contribution is 6.70. The average molecular weight is 350 g/mol. The lowest BCUT2D eigenvalue weighted by molar-refractivity contribution is -0.141. The van der Waals surface area contributed by atoms with Gasteiger partial charge in [-0.25, -0.2) is 0 Å². The average Bonchev–Trinajstić information content (AvgIpc) is 2.46. The monoisotopic (exact) mass is 348 g/mol. The first-order valence-corrected chi connectivity index (χ1v) is 7.43. The van der Waals surface area contributed by atoms with E-state index in [0.717, 1.165) is 5.56 Å². The van der Waals surface area contributed by atoms with Crippen LogP contribution >= 0.6 is 46.4 Å². The van der Waals surface area contributed by atoms with Crippen LogP contribution in [0.25, 0.3) is 0 Å². The molecule has 0 amide bonds. The molecule has 104 valence electrons. The van der Waals surface area contributed by atoms with Gasteiger partial charge in [0.25, 0.3) is 0 Å². The third kappa shape index (κ3) is 1.59. The molecule has 0 spiro atoms. The van der Waals surface area contributed by atoms with E-state index < -0.39 is 27.2 Å². The van der Waals surface area contributed by atoms with Crippen molar-refractivity contribution in [2.45, 2.75) is 22.1 Å². The molecule has 0 aromatic heterocycles. The van der Waals surface area contributed by atoms with Crippen LogP contribution in [-0.4, -0.2) is 21.3 Å². The molecular weight excluding hydrogens is 342 g/mol. The summed E-state index contributed by atoms with van der Waals surface area (Å²) in [6.45, 7) is 0. The van der Waals surface area contributed by atoms with Crippen molar-refractivity contribution in [2.75, 3.05) is 0 Å². The molecule has 1 fully saturated rings. The summed E-state index contributed by atoms with van der Waals surface area (Å²) in [6, 6.07) is 9.14. The standard InChI is InChI=1S/C14H8Cl4O2/c15-9-10(16)14(18)8(7-4-2-1-3-5-7)6-13(9,17)11(19)12(14)20/h1-5,8H,6H2. The predicted octanol–water partition coefficient (Wildman–Crippen LogP) is 3.97. The molecule has 2 bridgehead atoms. The van der Waals surface area contributed by atoms with Gasteiger partial charge >= 0.3 is 0 Å². The molecule has 3 atom stereocenters. The molecule has 1 saturated carbocycles. The Kier molecular flexibility index (Phi) is 3.22. The van der Waals surface area contributed by atoms with Gasteiger partial charge in [0, 0.05) is 5.92 Å². The molecule has 20 heavy (non-hydrogen) atoms. The van der Waals surface area contributed by atoms with Gasteiger partial charge in [-0.3, -0.25) is 9.59 Å². The largest absolute Gasteiger partial charge is 0.288 e. The quantitative estimate of drug-likeness (QED) is 0.567.